The van der Waals surface area contributed by atoms with Crippen LogP contribution >= 0.6 is 15.9 Å². The van der Waals surface area contributed by atoms with Gasteiger partial charge in [0.15, 0.2) is 6.04 Å². The number of fused-ring (bicyclic) bond motifs is 3. The van der Waals surface area contributed by atoms with Crippen LogP contribution in [-0.4, -0.2) is 41.8 Å². The van der Waals surface area contributed by atoms with E-state index in [4.69, 9.17) is 9.47 Å². The lowest BCUT2D eigenvalue weighted by atomic mass is 9.98. The second-order valence-electron chi connectivity index (χ2n) is 9.97. The number of halogens is 1. The molecule has 8 nitrogen and oxygen atoms in total. The summed E-state index contributed by atoms with van der Waals surface area (Å²) < 4.78 is 11.9. The highest BCUT2D eigenvalue weighted by atomic mass is 79.9. The van der Waals surface area contributed by atoms with E-state index in [1.165, 1.54) is 12.1 Å². The molecule has 2 amide bonds. The quantitative estimate of drug-likeness (QED) is 0.182. The molecule has 2 unspecified atom stereocenters. The van der Waals surface area contributed by atoms with Crippen LogP contribution < -0.4 is 10.6 Å². The fourth-order valence-electron chi connectivity index (χ4n) is 5.05. The fourth-order valence-corrected chi connectivity index (χ4v) is 5.54. The zero-order chi connectivity index (χ0) is 29.6. The van der Waals surface area contributed by atoms with Crippen molar-refractivity contribution in [1.29, 1.82) is 0 Å². The normalized spacial score (nSPS) is 13.4. The average molecular weight is 630 g/mol. The van der Waals surface area contributed by atoms with E-state index in [2.05, 4.69) is 38.7 Å². The minimum atomic E-state index is -1.29. The Kier molecular flexibility index (Phi) is 9.00. The van der Waals surface area contributed by atoms with E-state index in [-0.39, 0.29) is 24.7 Å². The standard InChI is InChI=1S/C33H29BrN2O6/c1-20(41-18-21-9-3-2-4-10-21)30(32(38)39)36-31(37)22-15-23(34)17-24(16-22)35-33(40)42-19-29-27-13-7-5-11-25(27)26-12-6-8-14-28(26)29/h2-17,20,29-30H,18-19H2,1H3,(H,35,40)(H,36,37)(H,38,39). The number of carbonyl (C=O) groups is 3. The highest BCUT2D eigenvalue weighted by Gasteiger charge is 2.30. The van der Waals surface area contributed by atoms with Gasteiger partial charge >= 0.3 is 12.1 Å². The Morgan fingerprint density at radius 3 is 2.14 bits per heavy atom. The molecule has 0 saturated carbocycles. The summed E-state index contributed by atoms with van der Waals surface area (Å²) in [5, 5.41) is 15.0. The number of amides is 2. The number of anilines is 1. The molecule has 0 radical (unpaired) electrons. The summed E-state index contributed by atoms with van der Waals surface area (Å²) in [6.45, 7) is 1.93. The molecule has 4 aromatic carbocycles. The van der Waals surface area contributed by atoms with Gasteiger partial charge in [0, 0.05) is 21.6 Å². The minimum absolute atomic E-state index is 0.0916. The van der Waals surface area contributed by atoms with E-state index >= 15 is 0 Å². The van der Waals surface area contributed by atoms with E-state index in [9.17, 15) is 19.5 Å². The highest BCUT2D eigenvalue weighted by molar-refractivity contribution is 9.10. The van der Waals surface area contributed by atoms with Gasteiger partial charge in [-0.3, -0.25) is 10.1 Å². The van der Waals surface area contributed by atoms with Gasteiger partial charge in [-0.25, -0.2) is 9.59 Å². The molecule has 42 heavy (non-hydrogen) atoms. The third-order valence-electron chi connectivity index (χ3n) is 7.13. The van der Waals surface area contributed by atoms with Crippen molar-refractivity contribution >= 4 is 39.6 Å². The molecule has 1 aliphatic rings. The molecule has 0 bridgehead atoms. The summed E-state index contributed by atoms with van der Waals surface area (Å²) in [5.41, 5.74) is 5.81. The Balaban J connectivity index is 1.21. The van der Waals surface area contributed by atoms with Crippen molar-refractivity contribution in [2.24, 2.45) is 0 Å². The van der Waals surface area contributed by atoms with Crippen molar-refractivity contribution in [3.05, 3.63) is 124 Å². The van der Waals surface area contributed by atoms with Crippen LogP contribution in [0.3, 0.4) is 0 Å². The predicted molar refractivity (Wildman–Crippen MR) is 162 cm³/mol. The van der Waals surface area contributed by atoms with Gasteiger partial charge in [-0.05, 0) is 52.9 Å². The fraction of sp³-hybridized carbons (Fsp3) is 0.182. The summed E-state index contributed by atoms with van der Waals surface area (Å²) in [6.07, 6.45) is -1.48. The second kappa shape index (κ2) is 13.0. The number of carboxylic acids is 1. The van der Waals surface area contributed by atoms with Gasteiger partial charge in [0.2, 0.25) is 0 Å². The molecule has 2 atom stereocenters. The number of benzene rings is 4. The number of hydrogen-bond acceptors (Lipinski definition) is 5. The first-order valence-corrected chi connectivity index (χ1v) is 14.2. The third kappa shape index (κ3) is 6.70. The molecule has 0 heterocycles. The largest absolute Gasteiger partial charge is 0.480 e. The summed E-state index contributed by atoms with van der Waals surface area (Å²) in [6, 6.07) is 28.8. The highest BCUT2D eigenvalue weighted by Crippen LogP contribution is 2.44. The first-order valence-electron chi connectivity index (χ1n) is 13.4. The molecular weight excluding hydrogens is 600 g/mol. The van der Waals surface area contributed by atoms with Gasteiger partial charge in [-0.2, -0.15) is 0 Å². The van der Waals surface area contributed by atoms with Crippen LogP contribution in [0.25, 0.3) is 11.1 Å². The van der Waals surface area contributed by atoms with Crippen molar-refractivity contribution in [2.75, 3.05) is 11.9 Å². The van der Waals surface area contributed by atoms with Crippen LogP contribution in [0.4, 0.5) is 10.5 Å². The number of carbonyl (C=O) groups excluding carboxylic acids is 2. The average Bonchev–Trinajstić information content (AvgIpc) is 3.31. The number of nitrogens with one attached hydrogen (secondary N) is 2. The van der Waals surface area contributed by atoms with Crippen LogP contribution in [0, 0.1) is 0 Å². The molecule has 0 saturated heterocycles. The van der Waals surface area contributed by atoms with Gasteiger partial charge in [0.05, 0.1) is 12.7 Å². The van der Waals surface area contributed by atoms with Crippen LogP contribution in [0.2, 0.25) is 0 Å². The molecule has 0 fully saturated rings. The van der Waals surface area contributed by atoms with Crippen molar-refractivity contribution in [3.8, 4) is 11.1 Å². The predicted octanol–water partition coefficient (Wildman–Crippen LogP) is 6.60. The van der Waals surface area contributed by atoms with Crippen molar-refractivity contribution in [2.45, 2.75) is 31.6 Å². The van der Waals surface area contributed by atoms with E-state index in [0.29, 0.717) is 10.2 Å². The lowest BCUT2D eigenvalue weighted by Gasteiger charge is -2.22. The van der Waals surface area contributed by atoms with Crippen LogP contribution in [0.15, 0.2) is 102 Å². The maximum absolute atomic E-state index is 13.1. The number of carboxylic acid groups (broad SMARTS) is 1. The Morgan fingerprint density at radius 1 is 0.881 bits per heavy atom. The summed E-state index contributed by atoms with van der Waals surface area (Å²) in [4.78, 5) is 37.8. The zero-order valence-electron chi connectivity index (χ0n) is 22.8. The Hall–Kier alpha value is -4.47. The van der Waals surface area contributed by atoms with E-state index in [1.54, 1.807) is 13.0 Å². The molecule has 9 heteroatoms. The zero-order valence-corrected chi connectivity index (χ0v) is 24.3. The summed E-state index contributed by atoms with van der Waals surface area (Å²) in [5.74, 6) is -1.95. The van der Waals surface area contributed by atoms with Crippen LogP contribution in [-0.2, 0) is 20.9 Å². The molecular formula is C33H29BrN2O6. The third-order valence-corrected chi connectivity index (χ3v) is 7.59. The second-order valence-corrected chi connectivity index (χ2v) is 10.9. The lowest BCUT2D eigenvalue weighted by molar-refractivity contribution is -0.143. The van der Waals surface area contributed by atoms with Crippen molar-refractivity contribution < 1.29 is 29.0 Å². The van der Waals surface area contributed by atoms with Gasteiger partial charge in [-0.15, -0.1) is 0 Å². The summed E-state index contributed by atoms with van der Waals surface area (Å²) in [7, 11) is 0. The Bertz CT molecular complexity index is 1560. The Labute approximate surface area is 251 Å². The maximum atomic E-state index is 13.1. The van der Waals surface area contributed by atoms with E-state index in [1.807, 2.05) is 66.7 Å². The molecule has 0 spiro atoms. The minimum Gasteiger partial charge on any atom is -0.480 e. The monoisotopic (exact) mass is 628 g/mol. The number of aliphatic carboxylic acids is 1. The topological polar surface area (TPSA) is 114 Å². The van der Waals surface area contributed by atoms with Gasteiger partial charge < -0.3 is 19.9 Å². The van der Waals surface area contributed by atoms with Gasteiger partial charge in [0.1, 0.15) is 6.61 Å². The number of ether oxygens (including phenoxy) is 2. The molecule has 0 aromatic heterocycles. The molecule has 4 aromatic rings. The molecule has 1 aliphatic carbocycles. The van der Waals surface area contributed by atoms with Crippen LogP contribution in [0.5, 0.6) is 0 Å². The van der Waals surface area contributed by atoms with Crippen molar-refractivity contribution in [3.63, 3.8) is 0 Å². The van der Waals surface area contributed by atoms with E-state index in [0.717, 1.165) is 27.8 Å². The van der Waals surface area contributed by atoms with Gasteiger partial charge in [-0.1, -0.05) is 94.8 Å². The molecule has 5 rings (SSSR count). The first-order chi connectivity index (χ1) is 20.3. The molecule has 214 valence electrons. The first kappa shape index (κ1) is 29.0. The number of hydrogen-bond donors (Lipinski definition) is 3. The lowest BCUT2D eigenvalue weighted by Crippen LogP contribution is -2.48. The molecule has 3 N–H and O–H groups in total. The maximum Gasteiger partial charge on any atom is 0.411 e. The van der Waals surface area contributed by atoms with E-state index < -0.39 is 30.1 Å². The van der Waals surface area contributed by atoms with Crippen LogP contribution in [0.1, 0.15) is 39.9 Å². The molecule has 0 aliphatic heterocycles. The smallest absolute Gasteiger partial charge is 0.411 e. The SMILES string of the molecule is CC(OCc1ccccc1)C(NC(=O)c1cc(Br)cc(NC(=O)OCC2c3ccccc3-c3ccccc32)c1)C(=O)O. The number of rotatable bonds is 10. The van der Waals surface area contributed by atoms with Gasteiger partial charge in [0.25, 0.3) is 5.91 Å². The summed E-state index contributed by atoms with van der Waals surface area (Å²) >= 11 is 3.36. The van der Waals surface area contributed by atoms with Crippen molar-refractivity contribution in [1.82, 2.24) is 5.32 Å². The Morgan fingerprint density at radius 2 is 1.50 bits per heavy atom.